The molecular weight excluding hydrogens is 353 g/mol. The lowest BCUT2D eigenvalue weighted by atomic mass is 10.1. The number of rotatable bonds is 2. The maximum Gasteiger partial charge on any atom is 0.416 e. The lowest BCUT2D eigenvalue weighted by Crippen LogP contribution is -2.21. The first-order chi connectivity index (χ1) is 11.8. The van der Waals surface area contributed by atoms with E-state index < -0.39 is 17.6 Å². The molecule has 0 aliphatic carbocycles. The number of hydrogen-bond donors (Lipinski definition) is 0. The van der Waals surface area contributed by atoms with Crippen molar-refractivity contribution in [1.29, 1.82) is 0 Å². The van der Waals surface area contributed by atoms with Crippen molar-refractivity contribution in [2.24, 2.45) is 5.10 Å². The Balaban J connectivity index is 1.98. The number of anilines is 1. The van der Waals surface area contributed by atoms with Gasteiger partial charge in [-0.15, -0.1) is 0 Å². The summed E-state index contributed by atoms with van der Waals surface area (Å²) < 4.78 is 38.6. The van der Waals surface area contributed by atoms with E-state index in [1.807, 2.05) is 0 Å². The van der Waals surface area contributed by atoms with Crippen molar-refractivity contribution < 1.29 is 18.0 Å². The van der Waals surface area contributed by atoms with Gasteiger partial charge in [0, 0.05) is 5.02 Å². The van der Waals surface area contributed by atoms with Gasteiger partial charge in [-0.05, 0) is 42.8 Å². The average Bonchev–Trinajstić information content (AvgIpc) is 2.84. The molecule has 3 nitrogen and oxygen atoms in total. The van der Waals surface area contributed by atoms with E-state index in [-0.39, 0.29) is 11.3 Å². The van der Waals surface area contributed by atoms with Gasteiger partial charge in [0.25, 0.3) is 5.91 Å². The van der Waals surface area contributed by atoms with Crippen LogP contribution >= 0.6 is 11.6 Å². The molecule has 1 aliphatic heterocycles. The Morgan fingerprint density at radius 2 is 1.84 bits per heavy atom. The first kappa shape index (κ1) is 17.2. The molecular formula is C18H12ClF3N2O. The second-order valence-corrected chi connectivity index (χ2v) is 5.84. The summed E-state index contributed by atoms with van der Waals surface area (Å²) in [5.41, 5.74) is 0.539. The van der Waals surface area contributed by atoms with E-state index >= 15 is 0 Å². The summed E-state index contributed by atoms with van der Waals surface area (Å²) >= 11 is 6.09. The van der Waals surface area contributed by atoms with Gasteiger partial charge in [0.1, 0.15) is 0 Å². The highest BCUT2D eigenvalue weighted by Gasteiger charge is 2.33. The van der Waals surface area contributed by atoms with Gasteiger partial charge >= 0.3 is 6.18 Å². The van der Waals surface area contributed by atoms with Crippen LogP contribution in [0.25, 0.3) is 6.08 Å². The molecule has 128 valence electrons. The van der Waals surface area contributed by atoms with E-state index in [0.29, 0.717) is 16.3 Å². The van der Waals surface area contributed by atoms with E-state index in [1.165, 1.54) is 12.1 Å². The summed E-state index contributed by atoms with van der Waals surface area (Å²) in [4.78, 5) is 12.6. The molecule has 0 unspecified atom stereocenters. The highest BCUT2D eigenvalue weighted by atomic mass is 35.5. The van der Waals surface area contributed by atoms with Crippen LogP contribution in [0.5, 0.6) is 0 Å². The lowest BCUT2D eigenvalue weighted by Gasteiger charge is -2.14. The standard InChI is InChI=1S/C18H12ClF3N2O/c1-11-15(9-12-5-2-3-8-16(12)19)17(25)24(23-11)14-7-4-6-13(10-14)18(20,21)22/h2-10H,1H3/b15-9+. The lowest BCUT2D eigenvalue weighted by molar-refractivity contribution is -0.137. The molecule has 0 saturated heterocycles. The van der Waals surface area contributed by atoms with Gasteiger partial charge in [-0.2, -0.15) is 23.3 Å². The summed E-state index contributed by atoms with van der Waals surface area (Å²) in [6, 6.07) is 11.4. The maximum absolute atomic E-state index is 12.9. The van der Waals surface area contributed by atoms with Crippen LogP contribution in [0.15, 0.2) is 59.2 Å². The number of amides is 1. The minimum absolute atomic E-state index is 0.0572. The number of carbonyl (C=O) groups is 1. The zero-order valence-corrected chi connectivity index (χ0v) is 13.8. The van der Waals surface area contributed by atoms with Crippen molar-refractivity contribution >= 4 is 35.0 Å². The largest absolute Gasteiger partial charge is 0.416 e. The smallest absolute Gasteiger partial charge is 0.267 e. The zero-order valence-electron chi connectivity index (χ0n) is 13.0. The molecule has 0 N–H and O–H groups in total. The van der Waals surface area contributed by atoms with E-state index in [1.54, 1.807) is 37.3 Å². The fourth-order valence-corrected chi connectivity index (χ4v) is 2.61. The number of benzene rings is 2. The van der Waals surface area contributed by atoms with Gasteiger partial charge in [-0.1, -0.05) is 35.9 Å². The SMILES string of the molecule is CC1=NN(c2cccc(C(F)(F)F)c2)C(=O)/C1=C/c1ccccc1Cl. The number of hydrogen-bond acceptors (Lipinski definition) is 2. The molecule has 2 aromatic carbocycles. The molecule has 25 heavy (non-hydrogen) atoms. The molecule has 7 heteroatoms. The minimum Gasteiger partial charge on any atom is -0.267 e. The first-order valence-corrected chi connectivity index (χ1v) is 7.68. The Bertz CT molecular complexity index is 903. The molecule has 0 fully saturated rings. The van der Waals surface area contributed by atoms with Crippen LogP contribution in [0.1, 0.15) is 18.1 Å². The van der Waals surface area contributed by atoms with Crippen LogP contribution in [-0.2, 0) is 11.0 Å². The van der Waals surface area contributed by atoms with E-state index in [0.717, 1.165) is 17.1 Å². The Morgan fingerprint density at radius 3 is 2.52 bits per heavy atom. The Labute approximate surface area is 147 Å². The quantitative estimate of drug-likeness (QED) is 0.677. The van der Waals surface area contributed by atoms with Crippen LogP contribution in [0, 0.1) is 0 Å². The number of alkyl halides is 3. The van der Waals surface area contributed by atoms with Crippen molar-refractivity contribution in [1.82, 2.24) is 0 Å². The monoisotopic (exact) mass is 364 g/mol. The molecule has 0 atom stereocenters. The molecule has 1 amide bonds. The number of hydrazone groups is 1. The molecule has 0 saturated carbocycles. The van der Waals surface area contributed by atoms with E-state index in [4.69, 9.17) is 11.6 Å². The molecule has 0 bridgehead atoms. The molecule has 1 aliphatic rings. The van der Waals surface area contributed by atoms with Crippen LogP contribution in [0.2, 0.25) is 5.02 Å². The fourth-order valence-electron chi connectivity index (χ4n) is 2.42. The number of halogens is 4. The van der Waals surface area contributed by atoms with Crippen molar-refractivity contribution in [3.63, 3.8) is 0 Å². The summed E-state index contributed by atoms with van der Waals surface area (Å²) in [5.74, 6) is -0.503. The van der Waals surface area contributed by atoms with Gasteiger partial charge in [0.15, 0.2) is 0 Å². The van der Waals surface area contributed by atoms with Crippen molar-refractivity contribution in [2.45, 2.75) is 13.1 Å². The second kappa shape index (κ2) is 6.37. The van der Waals surface area contributed by atoms with Gasteiger partial charge in [0.2, 0.25) is 0 Å². The summed E-state index contributed by atoms with van der Waals surface area (Å²) in [6.07, 6.45) is -2.91. The Kier molecular flexibility index (Phi) is 4.39. The maximum atomic E-state index is 12.9. The topological polar surface area (TPSA) is 32.7 Å². The third-order valence-corrected chi connectivity index (χ3v) is 4.03. The Morgan fingerprint density at radius 1 is 1.12 bits per heavy atom. The normalized spacial score (nSPS) is 16.5. The highest BCUT2D eigenvalue weighted by Crippen LogP contribution is 2.33. The van der Waals surface area contributed by atoms with Gasteiger partial charge in [-0.25, -0.2) is 0 Å². The predicted octanol–water partition coefficient (Wildman–Crippen LogP) is 5.16. The number of nitrogens with zero attached hydrogens (tertiary/aromatic N) is 2. The average molecular weight is 365 g/mol. The second-order valence-electron chi connectivity index (χ2n) is 5.43. The first-order valence-electron chi connectivity index (χ1n) is 7.31. The van der Waals surface area contributed by atoms with Crippen LogP contribution in [0.4, 0.5) is 18.9 Å². The van der Waals surface area contributed by atoms with Crippen molar-refractivity contribution in [3.8, 4) is 0 Å². The molecule has 3 rings (SSSR count). The zero-order chi connectivity index (χ0) is 18.2. The Hall–Kier alpha value is -2.60. The summed E-state index contributed by atoms with van der Waals surface area (Å²) in [7, 11) is 0. The molecule has 2 aromatic rings. The molecule has 0 aromatic heterocycles. The molecule has 1 heterocycles. The third-order valence-electron chi connectivity index (χ3n) is 3.69. The summed E-state index contributed by atoms with van der Waals surface area (Å²) in [5, 5.41) is 5.52. The van der Waals surface area contributed by atoms with Crippen LogP contribution in [-0.4, -0.2) is 11.6 Å². The van der Waals surface area contributed by atoms with Gasteiger partial charge < -0.3 is 0 Å². The predicted molar refractivity (Wildman–Crippen MR) is 91.5 cm³/mol. The minimum atomic E-state index is -4.49. The third kappa shape index (κ3) is 3.44. The van der Waals surface area contributed by atoms with E-state index in [9.17, 15) is 18.0 Å². The fraction of sp³-hybridized carbons (Fsp3) is 0.111. The van der Waals surface area contributed by atoms with Gasteiger partial charge in [-0.3, -0.25) is 4.79 Å². The number of carbonyl (C=O) groups excluding carboxylic acids is 1. The van der Waals surface area contributed by atoms with Gasteiger partial charge in [0.05, 0.1) is 22.5 Å². The summed E-state index contributed by atoms with van der Waals surface area (Å²) in [6.45, 7) is 1.62. The van der Waals surface area contributed by atoms with E-state index in [2.05, 4.69) is 5.10 Å². The molecule has 0 radical (unpaired) electrons. The highest BCUT2D eigenvalue weighted by molar-refractivity contribution is 6.34. The van der Waals surface area contributed by atoms with Crippen LogP contribution in [0.3, 0.4) is 0 Å². The van der Waals surface area contributed by atoms with Crippen LogP contribution < -0.4 is 5.01 Å². The molecule has 0 spiro atoms. The van der Waals surface area contributed by atoms with Crippen molar-refractivity contribution in [2.75, 3.05) is 5.01 Å². The van der Waals surface area contributed by atoms with Crippen molar-refractivity contribution in [3.05, 3.63) is 70.3 Å².